The van der Waals surface area contributed by atoms with E-state index in [2.05, 4.69) is 10.3 Å². The first-order valence-electron chi connectivity index (χ1n) is 5.96. The highest BCUT2D eigenvalue weighted by Crippen LogP contribution is 2.23. The van der Waals surface area contributed by atoms with Crippen molar-refractivity contribution in [3.8, 4) is 5.75 Å². The number of aromatic nitrogens is 1. The molecular weight excluding hydrogens is 230 g/mol. The largest absolute Gasteiger partial charge is 0.508 e. The van der Waals surface area contributed by atoms with Crippen LogP contribution >= 0.6 is 0 Å². The molecule has 0 aliphatic heterocycles. The predicted octanol–water partition coefficient (Wildman–Crippen LogP) is 0.881. The van der Waals surface area contributed by atoms with E-state index in [1.165, 1.54) is 0 Å². The molecule has 18 heavy (non-hydrogen) atoms. The van der Waals surface area contributed by atoms with E-state index in [1.807, 2.05) is 0 Å². The number of nitrogens with one attached hydrogen (secondary N) is 2. The normalized spacial score (nSPS) is 10.7. The molecule has 1 aromatic heterocycles. The number of amides is 1. The van der Waals surface area contributed by atoms with Gasteiger partial charge in [-0.25, -0.2) is 0 Å². The molecule has 96 valence electrons. The number of aromatic amines is 1. The van der Waals surface area contributed by atoms with Gasteiger partial charge >= 0.3 is 0 Å². The van der Waals surface area contributed by atoms with Gasteiger partial charge in [-0.05, 0) is 36.7 Å². The van der Waals surface area contributed by atoms with Crippen molar-refractivity contribution in [3.05, 3.63) is 30.0 Å². The molecule has 2 rings (SSSR count). The molecule has 1 amide bonds. The molecule has 5 heteroatoms. The summed E-state index contributed by atoms with van der Waals surface area (Å²) in [5.41, 5.74) is 7.15. The van der Waals surface area contributed by atoms with Crippen LogP contribution in [0.15, 0.2) is 24.4 Å². The zero-order valence-electron chi connectivity index (χ0n) is 10.1. The zero-order chi connectivity index (χ0) is 13.0. The number of H-pyrrole nitrogens is 1. The van der Waals surface area contributed by atoms with Gasteiger partial charge in [0.1, 0.15) is 5.75 Å². The van der Waals surface area contributed by atoms with Crippen LogP contribution in [0.5, 0.6) is 5.75 Å². The van der Waals surface area contributed by atoms with Crippen LogP contribution in [0.3, 0.4) is 0 Å². The molecule has 1 heterocycles. The Kier molecular flexibility index (Phi) is 3.84. The summed E-state index contributed by atoms with van der Waals surface area (Å²) in [6.45, 7) is 1.17. The molecular formula is C13H17N3O2. The minimum absolute atomic E-state index is 0.0345. The SMILES string of the molecule is NCCCNC(=O)Cc1c[nH]c2ccc(O)cc12. The maximum atomic E-state index is 11.7. The molecule has 0 saturated heterocycles. The smallest absolute Gasteiger partial charge is 0.224 e. The Morgan fingerprint density at radius 1 is 1.44 bits per heavy atom. The maximum Gasteiger partial charge on any atom is 0.224 e. The Morgan fingerprint density at radius 2 is 2.28 bits per heavy atom. The lowest BCUT2D eigenvalue weighted by Crippen LogP contribution is -2.27. The number of aromatic hydroxyl groups is 1. The Balaban J connectivity index is 2.07. The number of hydrogen-bond donors (Lipinski definition) is 4. The van der Waals surface area contributed by atoms with E-state index in [-0.39, 0.29) is 11.7 Å². The van der Waals surface area contributed by atoms with Gasteiger partial charge in [-0.15, -0.1) is 0 Å². The van der Waals surface area contributed by atoms with Crippen molar-refractivity contribution in [1.82, 2.24) is 10.3 Å². The molecule has 0 spiro atoms. The standard InChI is InChI=1S/C13H17N3O2/c14-4-1-5-15-13(18)6-9-8-16-12-3-2-10(17)7-11(9)12/h2-3,7-8,16-17H,1,4-6,14H2,(H,15,18). The van der Waals surface area contributed by atoms with Crippen LogP contribution in [0, 0.1) is 0 Å². The second-order valence-corrected chi connectivity index (χ2v) is 4.21. The first-order valence-corrected chi connectivity index (χ1v) is 5.96. The molecule has 0 aliphatic rings. The minimum Gasteiger partial charge on any atom is -0.508 e. The number of phenolic OH excluding ortho intramolecular Hbond substituents is 1. The van der Waals surface area contributed by atoms with E-state index in [9.17, 15) is 9.90 Å². The molecule has 0 aliphatic carbocycles. The summed E-state index contributed by atoms with van der Waals surface area (Å²) in [5.74, 6) is 0.166. The average molecular weight is 247 g/mol. The van der Waals surface area contributed by atoms with Crippen LogP contribution in [0.25, 0.3) is 10.9 Å². The van der Waals surface area contributed by atoms with E-state index >= 15 is 0 Å². The predicted molar refractivity (Wildman–Crippen MR) is 70.3 cm³/mol. The third-order valence-corrected chi connectivity index (χ3v) is 2.81. The van der Waals surface area contributed by atoms with Crippen molar-refractivity contribution in [1.29, 1.82) is 0 Å². The fourth-order valence-corrected chi connectivity index (χ4v) is 1.88. The van der Waals surface area contributed by atoms with Gasteiger partial charge in [-0.2, -0.15) is 0 Å². The van der Waals surface area contributed by atoms with Crippen LogP contribution in [0.4, 0.5) is 0 Å². The summed E-state index contributed by atoms with van der Waals surface area (Å²) in [5, 5.41) is 13.1. The van der Waals surface area contributed by atoms with Crippen molar-refractivity contribution in [2.75, 3.05) is 13.1 Å². The van der Waals surface area contributed by atoms with Gasteiger partial charge in [0.25, 0.3) is 0 Å². The van der Waals surface area contributed by atoms with Crippen LogP contribution in [0.1, 0.15) is 12.0 Å². The van der Waals surface area contributed by atoms with Crippen molar-refractivity contribution in [3.63, 3.8) is 0 Å². The lowest BCUT2D eigenvalue weighted by Gasteiger charge is -2.03. The highest BCUT2D eigenvalue weighted by Gasteiger charge is 2.08. The average Bonchev–Trinajstić information content (AvgIpc) is 2.72. The third-order valence-electron chi connectivity index (χ3n) is 2.81. The van der Waals surface area contributed by atoms with Gasteiger partial charge in [0.15, 0.2) is 0 Å². The van der Waals surface area contributed by atoms with Crippen molar-refractivity contribution >= 4 is 16.8 Å². The summed E-state index contributed by atoms with van der Waals surface area (Å²) < 4.78 is 0. The van der Waals surface area contributed by atoms with Gasteiger partial charge < -0.3 is 21.1 Å². The number of benzene rings is 1. The zero-order valence-corrected chi connectivity index (χ0v) is 10.1. The van der Waals surface area contributed by atoms with E-state index in [0.29, 0.717) is 19.5 Å². The molecule has 0 fully saturated rings. The third kappa shape index (κ3) is 2.81. The molecule has 1 aromatic carbocycles. The summed E-state index contributed by atoms with van der Waals surface area (Å²) in [4.78, 5) is 14.8. The van der Waals surface area contributed by atoms with Crippen LogP contribution in [-0.4, -0.2) is 29.1 Å². The molecule has 2 aromatic rings. The molecule has 0 saturated carbocycles. The highest BCUT2D eigenvalue weighted by molar-refractivity contribution is 5.89. The number of phenols is 1. The lowest BCUT2D eigenvalue weighted by atomic mass is 10.1. The summed E-state index contributed by atoms with van der Waals surface area (Å²) >= 11 is 0. The highest BCUT2D eigenvalue weighted by atomic mass is 16.3. The van der Waals surface area contributed by atoms with Crippen molar-refractivity contribution in [2.45, 2.75) is 12.8 Å². The first-order chi connectivity index (χ1) is 8.70. The molecule has 0 bridgehead atoms. The van der Waals surface area contributed by atoms with Crippen molar-refractivity contribution < 1.29 is 9.90 Å². The molecule has 0 atom stereocenters. The number of nitrogens with two attached hydrogens (primary N) is 1. The van der Waals surface area contributed by atoms with Gasteiger partial charge in [-0.3, -0.25) is 4.79 Å². The summed E-state index contributed by atoms with van der Waals surface area (Å²) in [6, 6.07) is 5.07. The second kappa shape index (κ2) is 5.55. The van der Waals surface area contributed by atoms with E-state index in [4.69, 9.17) is 5.73 Å². The van der Waals surface area contributed by atoms with Gasteiger partial charge in [0.05, 0.1) is 6.42 Å². The first kappa shape index (κ1) is 12.4. The number of carbonyl (C=O) groups excluding carboxylic acids is 1. The van der Waals surface area contributed by atoms with E-state index in [0.717, 1.165) is 22.9 Å². The number of carbonyl (C=O) groups is 1. The Hall–Kier alpha value is -2.01. The van der Waals surface area contributed by atoms with Crippen molar-refractivity contribution in [2.24, 2.45) is 5.73 Å². The van der Waals surface area contributed by atoms with Gasteiger partial charge in [-0.1, -0.05) is 0 Å². The molecule has 5 N–H and O–H groups in total. The van der Waals surface area contributed by atoms with E-state index < -0.39 is 0 Å². The van der Waals surface area contributed by atoms with E-state index in [1.54, 1.807) is 24.4 Å². The minimum atomic E-state index is -0.0345. The quantitative estimate of drug-likeness (QED) is 0.591. The molecule has 0 unspecified atom stereocenters. The summed E-state index contributed by atoms with van der Waals surface area (Å²) in [6.07, 6.45) is 2.88. The topological polar surface area (TPSA) is 91.1 Å². The van der Waals surface area contributed by atoms with Gasteiger partial charge in [0.2, 0.25) is 5.91 Å². The second-order valence-electron chi connectivity index (χ2n) is 4.21. The monoisotopic (exact) mass is 247 g/mol. The lowest BCUT2D eigenvalue weighted by molar-refractivity contribution is -0.120. The maximum absolute atomic E-state index is 11.7. The molecule has 0 radical (unpaired) electrons. The van der Waals surface area contributed by atoms with Gasteiger partial charge in [0, 0.05) is 23.6 Å². The Morgan fingerprint density at radius 3 is 3.06 bits per heavy atom. The van der Waals surface area contributed by atoms with Crippen LogP contribution < -0.4 is 11.1 Å². The number of fused-ring (bicyclic) bond motifs is 1. The Bertz CT molecular complexity index is 548. The fourth-order valence-electron chi connectivity index (χ4n) is 1.88. The summed E-state index contributed by atoms with van der Waals surface area (Å²) in [7, 11) is 0. The van der Waals surface area contributed by atoms with Crippen LogP contribution in [-0.2, 0) is 11.2 Å². The number of rotatable bonds is 5. The number of hydrogen-bond acceptors (Lipinski definition) is 3. The fraction of sp³-hybridized carbons (Fsp3) is 0.308. The molecule has 5 nitrogen and oxygen atoms in total. The Labute approximate surface area is 105 Å². The van der Waals surface area contributed by atoms with Crippen LogP contribution in [0.2, 0.25) is 0 Å².